The van der Waals surface area contributed by atoms with E-state index in [4.69, 9.17) is 9.68 Å². The van der Waals surface area contributed by atoms with Gasteiger partial charge in [0.25, 0.3) is 6.01 Å². The van der Waals surface area contributed by atoms with Crippen molar-refractivity contribution in [1.82, 2.24) is 4.98 Å². The SMILES string of the molecule is N#Cc1cccc(-c2cnc(Nc3cccc(C(F)(F)F)c3)o2)c1. The van der Waals surface area contributed by atoms with E-state index in [0.717, 1.165) is 12.1 Å². The summed E-state index contributed by atoms with van der Waals surface area (Å²) < 4.78 is 43.6. The summed E-state index contributed by atoms with van der Waals surface area (Å²) in [5.41, 5.74) is 0.569. The molecule has 24 heavy (non-hydrogen) atoms. The van der Waals surface area contributed by atoms with Crippen molar-refractivity contribution in [3.8, 4) is 17.4 Å². The van der Waals surface area contributed by atoms with Crippen LogP contribution in [0.3, 0.4) is 0 Å². The molecule has 1 heterocycles. The lowest BCUT2D eigenvalue weighted by Crippen LogP contribution is -2.05. The number of hydrogen-bond acceptors (Lipinski definition) is 4. The molecule has 1 N–H and O–H groups in total. The number of nitrogens with zero attached hydrogens (tertiary/aromatic N) is 2. The van der Waals surface area contributed by atoms with Crippen LogP contribution in [0.2, 0.25) is 0 Å². The maximum absolute atomic E-state index is 12.7. The van der Waals surface area contributed by atoms with E-state index in [1.807, 2.05) is 6.07 Å². The van der Waals surface area contributed by atoms with Gasteiger partial charge in [-0.3, -0.25) is 0 Å². The van der Waals surface area contributed by atoms with Gasteiger partial charge in [0.2, 0.25) is 0 Å². The number of oxazole rings is 1. The molecule has 3 aromatic rings. The topological polar surface area (TPSA) is 61.9 Å². The molecule has 0 atom stereocenters. The summed E-state index contributed by atoms with van der Waals surface area (Å²) >= 11 is 0. The number of hydrogen-bond donors (Lipinski definition) is 1. The zero-order chi connectivity index (χ0) is 17.2. The number of halogens is 3. The Labute approximate surface area is 135 Å². The molecule has 0 saturated carbocycles. The van der Waals surface area contributed by atoms with Gasteiger partial charge in [-0.25, -0.2) is 4.98 Å². The van der Waals surface area contributed by atoms with Crippen molar-refractivity contribution in [3.63, 3.8) is 0 Å². The van der Waals surface area contributed by atoms with Crippen LogP contribution in [0.4, 0.5) is 24.9 Å². The average molecular weight is 329 g/mol. The van der Waals surface area contributed by atoms with Gasteiger partial charge in [-0.2, -0.15) is 18.4 Å². The first-order valence-corrected chi connectivity index (χ1v) is 6.86. The van der Waals surface area contributed by atoms with Gasteiger partial charge in [0.15, 0.2) is 5.76 Å². The molecular formula is C17H10F3N3O. The second kappa shape index (κ2) is 6.08. The van der Waals surface area contributed by atoms with Crippen LogP contribution in [0.15, 0.2) is 59.1 Å². The van der Waals surface area contributed by atoms with Crippen LogP contribution in [0.25, 0.3) is 11.3 Å². The number of nitriles is 1. The highest BCUT2D eigenvalue weighted by Crippen LogP contribution is 2.32. The van der Waals surface area contributed by atoms with Crippen molar-refractivity contribution in [2.75, 3.05) is 5.32 Å². The lowest BCUT2D eigenvalue weighted by atomic mass is 10.1. The first-order chi connectivity index (χ1) is 11.5. The van der Waals surface area contributed by atoms with Gasteiger partial charge in [0.05, 0.1) is 23.4 Å². The van der Waals surface area contributed by atoms with Crippen molar-refractivity contribution in [3.05, 3.63) is 65.9 Å². The third-order valence-electron chi connectivity index (χ3n) is 3.22. The summed E-state index contributed by atoms with van der Waals surface area (Å²) in [4.78, 5) is 3.99. The van der Waals surface area contributed by atoms with E-state index in [-0.39, 0.29) is 11.7 Å². The fourth-order valence-corrected chi connectivity index (χ4v) is 2.10. The average Bonchev–Trinajstić information content (AvgIpc) is 3.03. The molecule has 0 bridgehead atoms. The number of anilines is 2. The smallest absolute Gasteiger partial charge is 0.416 e. The zero-order valence-corrected chi connectivity index (χ0v) is 12.1. The quantitative estimate of drug-likeness (QED) is 0.736. The normalized spacial score (nSPS) is 11.1. The fraction of sp³-hybridized carbons (Fsp3) is 0.0588. The van der Waals surface area contributed by atoms with Crippen molar-refractivity contribution in [2.45, 2.75) is 6.18 Å². The van der Waals surface area contributed by atoms with E-state index in [2.05, 4.69) is 10.3 Å². The lowest BCUT2D eigenvalue weighted by molar-refractivity contribution is -0.137. The van der Waals surface area contributed by atoms with Crippen molar-refractivity contribution >= 4 is 11.7 Å². The first kappa shape index (κ1) is 15.6. The molecule has 0 aliphatic heterocycles. The van der Waals surface area contributed by atoms with Crippen LogP contribution in [-0.4, -0.2) is 4.98 Å². The highest BCUT2D eigenvalue weighted by atomic mass is 19.4. The molecule has 4 nitrogen and oxygen atoms in total. The highest BCUT2D eigenvalue weighted by molar-refractivity contribution is 5.61. The van der Waals surface area contributed by atoms with Crippen molar-refractivity contribution < 1.29 is 17.6 Å². The second-order valence-electron chi connectivity index (χ2n) is 4.93. The van der Waals surface area contributed by atoms with Crippen LogP contribution in [0.1, 0.15) is 11.1 Å². The van der Waals surface area contributed by atoms with Crippen LogP contribution in [0, 0.1) is 11.3 Å². The number of rotatable bonds is 3. The summed E-state index contributed by atoms with van der Waals surface area (Å²) in [6.07, 6.45) is -2.98. The van der Waals surface area contributed by atoms with Gasteiger partial charge in [-0.1, -0.05) is 18.2 Å². The fourth-order valence-electron chi connectivity index (χ4n) is 2.10. The van der Waals surface area contributed by atoms with E-state index in [0.29, 0.717) is 16.9 Å². The van der Waals surface area contributed by atoms with E-state index in [1.54, 1.807) is 24.3 Å². The standard InChI is InChI=1S/C17H10F3N3O/c18-17(19,20)13-5-2-6-14(8-13)23-16-22-10-15(24-16)12-4-1-3-11(7-12)9-21/h1-8,10H,(H,22,23). The summed E-state index contributed by atoms with van der Waals surface area (Å²) in [6, 6.07) is 13.6. The van der Waals surface area contributed by atoms with E-state index >= 15 is 0 Å². The molecule has 1 aromatic heterocycles. The summed E-state index contributed by atoms with van der Waals surface area (Å²) in [7, 11) is 0. The van der Waals surface area contributed by atoms with Gasteiger partial charge in [0.1, 0.15) is 0 Å². The molecular weight excluding hydrogens is 319 g/mol. The Bertz CT molecular complexity index is 910. The molecule has 0 saturated heterocycles. The third-order valence-corrected chi connectivity index (χ3v) is 3.22. The maximum atomic E-state index is 12.7. The van der Waals surface area contributed by atoms with E-state index < -0.39 is 11.7 Å². The highest BCUT2D eigenvalue weighted by Gasteiger charge is 2.30. The minimum absolute atomic E-state index is 0.0617. The largest absolute Gasteiger partial charge is 0.423 e. The van der Waals surface area contributed by atoms with E-state index in [1.165, 1.54) is 18.3 Å². The molecule has 0 unspecified atom stereocenters. The molecule has 0 spiro atoms. The predicted octanol–water partition coefficient (Wildman–Crippen LogP) is 4.98. The third kappa shape index (κ3) is 3.38. The Hall–Kier alpha value is -3.27. The second-order valence-corrected chi connectivity index (χ2v) is 4.93. The van der Waals surface area contributed by atoms with Crippen LogP contribution >= 0.6 is 0 Å². The van der Waals surface area contributed by atoms with Crippen LogP contribution < -0.4 is 5.32 Å². The molecule has 0 radical (unpaired) electrons. The monoisotopic (exact) mass is 329 g/mol. The summed E-state index contributed by atoms with van der Waals surface area (Å²) in [5, 5.41) is 11.6. The van der Waals surface area contributed by atoms with Crippen LogP contribution in [0.5, 0.6) is 0 Å². The van der Waals surface area contributed by atoms with Crippen LogP contribution in [-0.2, 0) is 6.18 Å². The Morgan fingerprint density at radius 1 is 1.08 bits per heavy atom. The molecule has 7 heteroatoms. The molecule has 0 fully saturated rings. The molecule has 3 rings (SSSR count). The van der Waals surface area contributed by atoms with Crippen molar-refractivity contribution in [2.24, 2.45) is 0 Å². The maximum Gasteiger partial charge on any atom is 0.416 e. The Morgan fingerprint density at radius 2 is 1.88 bits per heavy atom. The number of alkyl halides is 3. The van der Waals surface area contributed by atoms with Crippen molar-refractivity contribution in [1.29, 1.82) is 5.26 Å². The molecule has 120 valence electrons. The summed E-state index contributed by atoms with van der Waals surface area (Å²) in [6.45, 7) is 0. The number of aromatic nitrogens is 1. The molecule has 2 aromatic carbocycles. The predicted molar refractivity (Wildman–Crippen MR) is 81.4 cm³/mol. The minimum atomic E-state index is -4.42. The minimum Gasteiger partial charge on any atom is -0.423 e. The first-order valence-electron chi connectivity index (χ1n) is 6.86. The van der Waals surface area contributed by atoms with E-state index in [9.17, 15) is 13.2 Å². The van der Waals surface area contributed by atoms with Gasteiger partial charge >= 0.3 is 6.18 Å². The molecule has 0 aliphatic carbocycles. The van der Waals surface area contributed by atoms with Gasteiger partial charge in [-0.05, 0) is 30.3 Å². The van der Waals surface area contributed by atoms with Gasteiger partial charge in [-0.15, -0.1) is 0 Å². The number of benzene rings is 2. The Morgan fingerprint density at radius 3 is 2.62 bits per heavy atom. The van der Waals surface area contributed by atoms with Gasteiger partial charge < -0.3 is 9.73 Å². The lowest BCUT2D eigenvalue weighted by Gasteiger charge is -2.08. The van der Waals surface area contributed by atoms with Gasteiger partial charge in [0, 0.05) is 11.3 Å². The number of nitrogens with one attached hydrogen (secondary N) is 1. The Kier molecular flexibility index (Phi) is 3.96. The molecule has 0 amide bonds. The molecule has 0 aliphatic rings. The Balaban J connectivity index is 1.83. The zero-order valence-electron chi connectivity index (χ0n) is 12.1. The summed E-state index contributed by atoms with van der Waals surface area (Å²) in [5.74, 6) is 0.404.